The predicted octanol–water partition coefficient (Wildman–Crippen LogP) is 3.31. The van der Waals surface area contributed by atoms with Gasteiger partial charge in [-0.1, -0.05) is 13.8 Å². The largest absolute Gasteiger partial charge is 0.444 e. The average molecular weight is 272 g/mol. The number of carbonyl (C=O) groups is 1. The van der Waals surface area contributed by atoms with Crippen LogP contribution in [0.1, 0.15) is 61.3 Å². The third-order valence-electron chi connectivity index (χ3n) is 2.66. The fourth-order valence-electron chi connectivity index (χ4n) is 1.92. The number of rotatable bonds is 7. The first-order valence-corrected chi connectivity index (χ1v) is 7.33. The highest BCUT2D eigenvalue weighted by Gasteiger charge is 2.17. The summed E-state index contributed by atoms with van der Waals surface area (Å²) in [5.74, 6) is 0.708. The molecular formula is C15H32N2O2. The Hall–Kier alpha value is -0.770. The van der Waals surface area contributed by atoms with Crippen LogP contribution in [0, 0.1) is 5.92 Å². The number of nitrogens with one attached hydrogen (secondary N) is 2. The SMILES string of the molecule is CC(C)CC(C)NCCC(C)NC(=O)OC(C)(C)C. The van der Waals surface area contributed by atoms with Crippen LogP contribution in [0.3, 0.4) is 0 Å². The van der Waals surface area contributed by atoms with Crippen LogP contribution in [0.5, 0.6) is 0 Å². The molecule has 4 nitrogen and oxygen atoms in total. The van der Waals surface area contributed by atoms with Crippen molar-refractivity contribution < 1.29 is 9.53 Å². The molecule has 0 aromatic heterocycles. The Balaban J connectivity index is 3.75. The van der Waals surface area contributed by atoms with Crippen LogP contribution >= 0.6 is 0 Å². The van der Waals surface area contributed by atoms with Crippen molar-refractivity contribution in [2.24, 2.45) is 5.92 Å². The van der Waals surface area contributed by atoms with Crippen LogP contribution in [0.2, 0.25) is 0 Å². The summed E-state index contributed by atoms with van der Waals surface area (Å²) in [4.78, 5) is 11.6. The molecule has 2 atom stereocenters. The highest BCUT2D eigenvalue weighted by atomic mass is 16.6. The number of hydrogen-bond acceptors (Lipinski definition) is 3. The highest BCUT2D eigenvalue weighted by Crippen LogP contribution is 2.07. The number of amides is 1. The van der Waals surface area contributed by atoms with Crippen LogP contribution in [0.25, 0.3) is 0 Å². The first kappa shape index (κ1) is 18.2. The third kappa shape index (κ3) is 12.0. The van der Waals surface area contributed by atoms with E-state index >= 15 is 0 Å². The van der Waals surface area contributed by atoms with Gasteiger partial charge in [0.15, 0.2) is 0 Å². The summed E-state index contributed by atoms with van der Waals surface area (Å²) in [6.07, 6.45) is 1.74. The van der Waals surface area contributed by atoms with Gasteiger partial charge in [0.2, 0.25) is 0 Å². The molecule has 19 heavy (non-hydrogen) atoms. The van der Waals surface area contributed by atoms with Crippen LogP contribution in [0.15, 0.2) is 0 Å². The molecule has 0 saturated heterocycles. The highest BCUT2D eigenvalue weighted by molar-refractivity contribution is 5.67. The smallest absolute Gasteiger partial charge is 0.407 e. The summed E-state index contributed by atoms with van der Waals surface area (Å²) < 4.78 is 5.22. The van der Waals surface area contributed by atoms with E-state index in [4.69, 9.17) is 4.74 Å². The second kappa shape index (κ2) is 8.41. The van der Waals surface area contributed by atoms with Gasteiger partial charge in [-0.05, 0) is 59.9 Å². The van der Waals surface area contributed by atoms with Crippen LogP contribution in [-0.4, -0.2) is 30.3 Å². The lowest BCUT2D eigenvalue weighted by molar-refractivity contribution is 0.0506. The third-order valence-corrected chi connectivity index (χ3v) is 2.66. The molecule has 0 aliphatic carbocycles. The lowest BCUT2D eigenvalue weighted by atomic mass is 10.1. The first-order chi connectivity index (χ1) is 8.60. The summed E-state index contributed by atoms with van der Waals surface area (Å²) in [5.41, 5.74) is -0.437. The van der Waals surface area contributed by atoms with Gasteiger partial charge in [0, 0.05) is 12.1 Å². The Morgan fingerprint density at radius 3 is 2.16 bits per heavy atom. The van der Waals surface area contributed by atoms with Crippen LogP contribution in [-0.2, 0) is 4.74 Å². The molecule has 0 aromatic rings. The molecule has 0 fully saturated rings. The minimum atomic E-state index is -0.437. The van der Waals surface area contributed by atoms with Crippen LogP contribution in [0.4, 0.5) is 4.79 Å². The normalized spacial score (nSPS) is 15.2. The van der Waals surface area contributed by atoms with E-state index < -0.39 is 5.60 Å². The van der Waals surface area contributed by atoms with Crippen LogP contribution < -0.4 is 10.6 Å². The molecule has 1 amide bonds. The maximum atomic E-state index is 11.6. The quantitative estimate of drug-likeness (QED) is 0.747. The van der Waals surface area contributed by atoms with Gasteiger partial charge in [0.1, 0.15) is 5.60 Å². The van der Waals surface area contributed by atoms with Gasteiger partial charge in [-0.15, -0.1) is 0 Å². The van der Waals surface area contributed by atoms with Gasteiger partial charge < -0.3 is 15.4 Å². The number of alkyl carbamates (subject to hydrolysis) is 1. The van der Waals surface area contributed by atoms with E-state index in [2.05, 4.69) is 31.4 Å². The molecule has 0 aliphatic rings. The van der Waals surface area contributed by atoms with E-state index in [1.54, 1.807) is 0 Å². The van der Waals surface area contributed by atoms with E-state index in [1.807, 2.05) is 27.7 Å². The molecule has 0 heterocycles. The lowest BCUT2D eigenvalue weighted by Crippen LogP contribution is -2.39. The summed E-state index contributed by atoms with van der Waals surface area (Å²) in [5, 5.41) is 6.32. The summed E-state index contributed by atoms with van der Waals surface area (Å²) in [6, 6.07) is 0.641. The monoisotopic (exact) mass is 272 g/mol. The van der Waals surface area contributed by atoms with Crippen molar-refractivity contribution in [2.75, 3.05) is 6.54 Å². The Labute approximate surface area is 118 Å². The standard InChI is InChI=1S/C15H32N2O2/c1-11(2)10-13(4)16-9-8-12(3)17-14(18)19-15(5,6)7/h11-13,16H,8-10H2,1-7H3,(H,17,18). The van der Waals surface area contributed by atoms with Gasteiger partial charge in [0.25, 0.3) is 0 Å². The number of hydrogen-bond donors (Lipinski definition) is 2. The van der Waals surface area contributed by atoms with Gasteiger partial charge in [0.05, 0.1) is 0 Å². The van der Waals surface area contributed by atoms with Crippen molar-refractivity contribution in [3.63, 3.8) is 0 Å². The lowest BCUT2D eigenvalue weighted by Gasteiger charge is -2.22. The Kier molecular flexibility index (Phi) is 8.07. The average Bonchev–Trinajstić information content (AvgIpc) is 2.12. The predicted molar refractivity (Wildman–Crippen MR) is 80.4 cm³/mol. The topological polar surface area (TPSA) is 50.4 Å². The fourth-order valence-corrected chi connectivity index (χ4v) is 1.92. The zero-order valence-electron chi connectivity index (χ0n) is 13.7. The molecule has 2 unspecified atom stereocenters. The van der Waals surface area contributed by atoms with Crippen molar-refractivity contribution in [1.82, 2.24) is 10.6 Å². The van der Waals surface area contributed by atoms with Gasteiger partial charge in [-0.25, -0.2) is 4.79 Å². The van der Waals surface area contributed by atoms with E-state index in [1.165, 1.54) is 6.42 Å². The minimum Gasteiger partial charge on any atom is -0.444 e. The molecular weight excluding hydrogens is 240 g/mol. The molecule has 0 spiro atoms. The summed E-state index contributed by atoms with van der Waals surface area (Å²) in [7, 11) is 0. The molecule has 4 heteroatoms. The van der Waals surface area contributed by atoms with E-state index in [0.29, 0.717) is 12.0 Å². The Bertz CT molecular complexity index is 259. The molecule has 0 saturated carbocycles. The van der Waals surface area contributed by atoms with Gasteiger partial charge in [-0.2, -0.15) is 0 Å². The number of ether oxygens (including phenoxy) is 1. The van der Waals surface area contributed by atoms with Crippen molar-refractivity contribution in [2.45, 2.75) is 79.0 Å². The second-order valence-corrected chi connectivity index (χ2v) is 6.82. The van der Waals surface area contributed by atoms with E-state index in [9.17, 15) is 4.79 Å². The van der Waals surface area contributed by atoms with E-state index in [0.717, 1.165) is 13.0 Å². The fraction of sp³-hybridized carbons (Fsp3) is 0.933. The van der Waals surface area contributed by atoms with E-state index in [-0.39, 0.29) is 12.1 Å². The molecule has 0 bridgehead atoms. The molecule has 114 valence electrons. The molecule has 0 rings (SSSR count). The van der Waals surface area contributed by atoms with Crippen molar-refractivity contribution >= 4 is 6.09 Å². The Morgan fingerprint density at radius 1 is 1.11 bits per heavy atom. The molecule has 0 aromatic carbocycles. The van der Waals surface area contributed by atoms with Crippen molar-refractivity contribution in [3.05, 3.63) is 0 Å². The zero-order chi connectivity index (χ0) is 15.1. The maximum Gasteiger partial charge on any atom is 0.407 e. The molecule has 0 radical (unpaired) electrons. The summed E-state index contributed by atoms with van der Waals surface area (Å²) >= 11 is 0. The second-order valence-electron chi connectivity index (χ2n) is 6.82. The maximum absolute atomic E-state index is 11.6. The van der Waals surface area contributed by atoms with Gasteiger partial charge in [-0.3, -0.25) is 0 Å². The zero-order valence-corrected chi connectivity index (χ0v) is 13.7. The summed E-state index contributed by atoms with van der Waals surface area (Å²) in [6.45, 7) is 15.2. The van der Waals surface area contributed by atoms with Gasteiger partial charge >= 0.3 is 6.09 Å². The van der Waals surface area contributed by atoms with Crippen molar-refractivity contribution in [3.8, 4) is 0 Å². The number of carbonyl (C=O) groups excluding carboxylic acids is 1. The minimum absolute atomic E-state index is 0.119. The molecule has 0 aliphatic heterocycles. The first-order valence-electron chi connectivity index (χ1n) is 7.33. The van der Waals surface area contributed by atoms with Crippen molar-refractivity contribution in [1.29, 1.82) is 0 Å². The Morgan fingerprint density at radius 2 is 1.68 bits per heavy atom. The molecule has 2 N–H and O–H groups in total.